The molecule has 0 amide bonds. The predicted octanol–water partition coefficient (Wildman–Crippen LogP) is 0.583. The maximum Gasteiger partial charge on any atom is 0.189 e. The van der Waals surface area contributed by atoms with E-state index < -0.39 is 24.8 Å². The number of methoxy groups -OCH3 is 6. The summed E-state index contributed by atoms with van der Waals surface area (Å²) in [6, 6.07) is 0. The number of ether oxygens (including phenoxy) is 9. The number of hydrogen-bond donors (Lipinski definition) is 0. The maximum atomic E-state index is 6.16. The van der Waals surface area contributed by atoms with Gasteiger partial charge in [-0.25, -0.2) is 0 Å². The zero-order valence-electron chi connectivity index (χ0n) is 17.4. The Kier molecular flexibility index (Phi) is 8.85. The van der Waals surface area contributed by atoms with Gasteiger partial charge in [0.25, 0.3) is 0 Å². The third-order valence-electron chi connectivity index (χ3n) is 5.36. The Morgan fingerprint density at radius 2 is 0.741 bits per heavy atom. The van der Waals surface area contributed by atoms with E-state index in [2.05, 4.69) is 0 Å². The lowest BCUT2D eigenvalue weighted by molar-refractivity contribution is -0.378. The first-order valence-electron chi connectivity index (χ1n) is 9.10. The van der Waals surface area contributed by atoms with Crippen molar-refractivity contribution in [2.75, 3.05) is 42.7 Å². The lowest BCUT2D eigenvalue weighted by Gasteiger charge is -2.48. The van der Waals surface area contributed by atoms with E-state index in [1.807, 2.05) is 13.8 Å². The molecular weight excluding hydrogens is 360 g/mol. The molecule has 9 nitrogen and oxygen atoms in total. The van der Waals surface area contributed by atoms with E-state index in [1.165, 1.54) is 0 Å². The zero-order valence-corrected chi connectivity index (χ0v) is 17.4. The Morgan fingerprint density at radius 1 is 0.444 bits per heavy atom. The third-order valence-corrected chi connectivity index (χ3v) is 5.36. The van der Waals surface area contributed by atoms with Crippen molar-refractivity contribution in [2.45, 2.75) is 75.3 Å². The SMILES string of the molecule is COC1C(C)OC(OC2OC(C)C(OC)C(OC)C2OC)C(OC)C1OC. The molecule has 0 aromatic carbocycles. The molecule has 0 radical (unpaired) electrons. The van der Waals surface area contributed by atoms with Crippen molar-refractivity contribution in [3.8, 4) is 0 Å². The highest BCUT2D eigenvalue weighted by molar-refractivity contribution is 4.94. The van der Waals surface area contributed by atoms with Crippen molar-refractivity contribution in [3.63, 3.8) is 0 Å². The highest BCUT2D eigenvalue weighted by Gasteiger charge is 2.51. The number of hydrogen-bond acceptors (Lipinski definition) is 9. The van der Waals surface area contributed by atoms with Crippen LogP contribution in [0.25, 0.3) is 0 Å². The largest absolute Gasteiger partial charge is 0.376 e. The summed E-state index contributed by atoms with van der Waals surface area (Å²) in [5.41, 5.74) is 0. The molecule has 0 N–H and O–H groups in total. The number of rotatable bonds is 8. The van der Waals surface area contributed by atoms with Gasteiger partial charge in [0.15, 0.2) is 12.6 Å². The van der Waals surface area contributed by atoms with Crippen LogP contribution in [0, 0.1) is 0 Å². The quantitative estimate of drug-likeness (QED) is 0.587. The summed E-state index contributed by atoms with van der Waals surface area (Å²) >= 11 is 0. The molecule has 2 aliphatic heterocycles. The molecule has 0 aromatic heterocycles. The summed E-state index contributed by atoms with van der Waals surface area (Å²) in [6.07, 6.45) is -4.28. The highest BCUT2D eigenvalue weighted by Crippen LogP contribution is 2.32. The van der Waals surface area contributed by atoms with Crippen LogP contribution in [0.1, 0.15) is 13.8 Å². The summed E-state index contributed by atoms with van der Waals surface area (Å²) < 4.78 is 51.7. The topological polar surface area (TPSA) is 83.1 Å². The van der Waals surface area contributed by atoms with E-state index in [0.29, 0.717) is 0 Å². The van der Waals surface area contributed by atoms with Crippen LogP contribution in [-0.4, -0.2) is 104 Å². The van der Waals surface area contributed by atoms with Crippen molar-refractivity contribution in [3.05, 3.63) is 0 Å². The first-order valence-corrected chi connectivity index (χ1v) is 9.10. The van der Waals surface area contributed by atoms with Gasteiger partial charge >= 0.3 is 0 Å². The fourth-order valence-corrected chi connectivity index (χ4v) is 3.98. The van der Waals surface area contributed by atoms with Crippen molar-refractivity contribution in [1.29, 1.82) is 0 Å². The van der Waals surface area contributed by atoms with Gasteiger partial charge in [-0.3, -0.25) is 0 Å². The van der Waals surface area contributed by atoms with E-state index in [1.54, 1.807) is 42.7 Å². The van der Waals surface area contributed by atoms with E-state index in [0.717, 1.165) is 0 Å². The van der Waals surface area contributed by atoms with Crippen molar-refractivity contribution in [1.82, 2.24) is 0 Å². The normalized spacial score (nSPS) is 45.8. The second-order valence-corrected chi connectivity index (χ2v) is 6.76. The van der Waals surface area contributed by atoms with Gasteiger partial charge in [0.05, 0.1) is 12.2 Å². The second-order valence-electron chi connectivity index (χ2n) is 6.76. The van der Waals surface area contributed by atoms with Crippen LogP contribution in [0.15, 0.2) is 0 Å². The molecule has 9 heteroatoms. The minimum Gasteiger partial charge on any atom is -0.376 e. The van der Waals surface area contributed by atoms with Gasteiger partial charge in [-0.1, -0.05) is 0 Å². The van der Waals surface area contributed by atoms with Crippen LogP contribution in [0.3, 0.4) is 0 Å². The summed E-state index contributed by atoms with van der Waals surface area (Å²) in [4.78, 5) is 0. The Hall–Kier alpha value is -0.360. The Morgan fingerprint density at radius 3 is 1.00 bits per heavy atom. The first-order chi connectivity index (χ1) is 13.0. The maximum absolute atomic E-state index is 6.16. The van der Waals surface area contributed by atoms with E-state index in [4.69, 9.17) is 42.6 Å². The molecule has 10 atom stereocenters. The molecule has 0 aliphatic carbocycles. The van der Waals surface area contributed by atoms with E-state index in [-0.39, 0.29) is 36.6 Å². The van der Waals surface area contributed by atoms with Crippen molar-refractivity contribution in [2.24, 2.45) is 0 Å². The van der Waals surface area contributed by atoms with Crippen LogP contribution < -0.4 is 0 Å². The van der Waals surface area contributed by atoms with Gasteiger partial charge in [0.2, 0.25) is 0 Å². The van der Waals surface area contributed by atoms with E-state index >= 15 is 0 Å². The molecule has 2 rings (SSSR count). The smallest absolute Gasteiger partial charge is 0.189 e. The van der Waals surface area contributed by atoms with Gasteiger partial charge in [0, 0.05) is 42.7 Å². The van der Waals surface area contributed by atoms with Crippen LogP contribution in [0.4, 0.5) is 0 Å². The molecule has 2 fully saturated rings. The molecule has 2 heterocycles. The summed E-state index contributed by atoms with van der Waals surface area (Å²) in [6.45, 7) is 3.80. The van der Waals surface area contributed by atoms with Gasteiger partial charge in [-0.15, -0.1) is 0 Å². The molecule has 27 heavy (non-hydrogen) atoms. The molecule has 0 saturated carbocycles. The minimum absolute atomic E-state index is 0.261. The molecule has 160 valence electrons. The lowest BCUT2D eigenvalue weighted by atomic mass is 9.98. The molecule has 0 aromatic rings. The summed E-state index contributed by atoms with van der Waals surface area (Å²) in [5.74, 6) is 0. The highest BCUT2D eigenvalue weighted by atomic mass is 16.8. The standard InChI is InChI=1S/C18H34O9/c1-9-11(19-3)13(21-5)15(23-7)17(25-9)27-18-16(24-8)14(22-6)12(20-4)10(2)26-18/h9-18H,1-8H3. The summed E-state index contributed by atoms with van der Waals surface area (Å²) in [7, 11) is 9.61. The zero-order chi connectivity index (χ0) is 20.1. The van der Waals surface area contributed by atoms with Gasteiger partial charge in [-0.05, 0) is 13.8 Å². The minimum atomic E-state index is -0.729. The molecule has 10 unspecified atom stereocenters. The molecular formula is C18H34O9. The average molecular weight is 394 g/mol. The monoisotopic (exact) mass is 394 g/mol. The average Bonchev–Trinajstić information content (AvgIpc) is 2.66. The molecule has 0 spiro atoms. The van der Waals surface area contributed by atoms with Crippen LogP contribution in [0.5, 0.6) is 0 Å². The van der Waals surface area contributed by atoms with E-state index in [9.17, 15) is 0 Å². The van der Waals surface area contributed by atoms with Gasteiger partial charge < -0.3 is 42.6 Å². The van der Waals surface area contributed by atoms with Crippen LogP contribution in [-0.2, 0) is 42.6 Å². The fourth-order valence-electron chi connectivity index (χ4n) is 3.98. The van der Waals surface area contributed by atoms with Gasteiger partial charge in [-0.2, -0.15) is 0 Å². The molecule has 2 saturated heterocycles. The Labute approximate surface area is 161 Å². The second kappa shape index (κ2) is 10.4. The van der Waals surface area contributed by atoms with Crippen LogP contribution >= 0.6 is 0 Å². The van der Waals surface area contributed by atoms with Crippen molar-refractivity contribution < 1.29 is 42.6 Å². The van der Waals surface area contributed by atoms with Crippen molar-refractivity contribution >= 4 is 0 Å². The van der Waals surface area contributed by atoms with Gasteiger partial charge in [0.1, 0.15) is 36.6 Å². The molecule has 0 bridgehead atoms. The first kappa shape index (κ1) is 22.9. The Bertz CT molecular complexity index is 399. The third kappa shape index (κ3) is 4.63. The fraction of sp³-hybridized carbons (Fsp3) is 1.00. The molecule has 2 aliphatic rings. The summed E-state index contributed by atoms with van der Waals surface area (Å²) in [5, 5.41) is 0. The predicted molar refractivity (Wildman–Crippen MR) is 94.5 cm³/mol. The Balaban J connectivity index is 2.19. The lowest BCUT2D eigenvalue weighted by Crippen LogP contribution is -2.64. The van der Waals surface area contributed by atoms with Crippen LogP contribution in [0.2, 0.25) is 0 Å².